The van der Waals surface area contributed by atoms with Crippen LogP contribution in [-0.2, 0) is 31.9 Å². The molecule has 0 fully saturated rings. The van der Waals surface area contributed by atoms with Gasteiger partial charge < -0.3 is 29.6 Å². The summed E-state index contributed by atoms with van der Waals surface area (Å²) in [6.45, 7) is -1.11. The lowest BCUT2D eigenvalue weighted by atomic mass is 10.0. The van der Waals surface area contributed by atoms with E-state index >= 15 is 0 Å². The zero-order chi connectivity index (χ0) is 29.2. The average molecular weight is 559 g/mol. The van der Waals surface area contributed by atoms with Crippen LogP contribution in [0.3, 0.4) is 0 Å². The van der Waals surface area contributed by atoms with E-state index in [2.05, 4.69) is 20.1 Å². The molecule has 0 aliphatic carbocycles. The van der Waals surface area contributed by atoms with Gasteiger partial charge in [-0.15, -0.1) is 0 Å². The molecule has 2 N–H and O–H groups in total. The Morgan fingerprint density at radius 3 is 1.56 bits per heavy atom. The van der Waals surface area contributed by atoms with Gasteiger partial charge in [-0.25, -0.2) is 9.59 Å². The quantitative estimate of drug-likeness (QED) is 0.296. The molecule has 2 aromatic rings. The van der Waals surface area contributed by atoms with Crippen molar-refractivity contribution in [3.63, 3.8) is 0 Å². The number of nitrogens with one attached hydrogen (secondary N) is 2. The average Bonchev–Trinajstić information content (AvgIpc) is 2.83. The lowest BCUT2D eigenvalue weighted by Crippen LogP contribution is -2.53. The summed E-state index contributed by atoms with van der Waals surface area (Å²) in [4.78, 5) is 38.1. The Labute approximate surface area is 222 Å². The van der Waals surface area contributed by atoms with E-state index in [-0.39, 0.29) is 24.3 Å². The Kier molecular flexibility index (Phi) is 11.4. The highest BCUT2D eigenvalue weighted by atomic mass is 19.3. The summed E-state index contributed by atoms with van der Waals surface area (Å²) in [5.41, 5.74) is 0.115. The number of methoxy groups -OCH3 is 1. The molecule has 0 radical (unpaired) electrons. The predicted octanol–water partition coefficient (Wildman–Crippen LogP) is 4.23. The van der Waals surface area contributed by atoms with Crippen LogP contribution in [0.5, 0.6) is 11.5 Å². The number of amides is 2. The summed E-state index contributed by atoms with van der Waals surface area (Å²) < 4.78 is 68.3. The van der Waals surface area contributed by atoms with Crippen molar-refractivity contribution in [3.8, 4) is 11.5 Å². The Balaban J connectivity index is 2.22. The van der Waals surface area contributed by atoms with Crippen molar-refractivity contribution in [2.75, 3.05) is 7.11 Å². The smallest absolute Gasteiger partial charge is 0.408 e. The number of halogens is 4. The summed E-state index contributed by atoms with van der Waals surface area (Å²) in [5.74, 6) is -1.73. The topological polar surface area (TPSA) is 112 Å². The van der Waals surface area contributed by atoms with Gasteiger partial charge in [-0.1, -0.05) is 24.3 Å². The van der Waals surface area contributed by atoms with Crippen LogP contribution in [0.15, 0.2) is 48.5 Å². The van der Waals surface area contributed by atoms with Crippen LogP contribution in [0.25, 0.3) is 0 Å². The molecule has 13 heteroatoms. The number of carbonyl (C=O) groups excluding carboxylic acids is 3. The molecular formula is C26H30F4N2O7. The van der Waals surface area contributed by atoms with E-state index in [1.807, 2.05) is 0 Å². The maximum atomic E-state index is 13.2. The standard InChI is InChI=1S/C26H30F4N2O7/c1-26(2,3)39-25(35)32-19(13-15-5-9-17(10-6-15)37-23(27)28)21(33)31-20(22(34)36-4)14-16-7-11-18(12-8-16)38-24(29)30/h5-12,19-20,23-24H,13-14H2,1-4H3,(H,31,33)(H,32,35)/t19-,20-/m0/s1. The molecule has 214 valence electrons. The van der Waals surface area contributed by atoms with Crippen LogP contribution >= 0.6 is 0 Å². The molecule has 0 saturated heterocycles. The van der Waals surface area contributed by atoms with Gasteiger partial charge in [0.2, 0.25) is 5.91 Å². The number of alkyl carbamates (subject to hydrolysis) is 1. The maximum absolute atomic E-state index is 13.2. The lowest BCUT2D eigenvalue weighted by Gasteiger charge is -2.25. The van der Waals surface area contributed by atoms with Crippen LogP contribution in [0, 0.1) is 0 Å². The first-order chi connectivity index (χ1) is 18.3. The van der Waals surface area contributed by atoms with Gasteiger partial charge in [0, 0.05) is 12.8 Å². The number of ether oxygens (including phenoxy) is 4. The zero-order valence-electron chi connectivity index (χ0n) is 21.7. The fraction of sp³-hybridized carbons (Fsp3) is 0.423. The first-order valence-electron chi connectivity index (χ1n) is 11.7. The lowest BCUT2D eigenvalue weighted by molar-refractivity contribution is -0.145. The molecule has 0 aromatic heterocycles. The highest BCUT2D eigenvalue weighted by Gasteiger charge is 2.29. The Morgan fingerprint density at radius 2 is 1.18 bits per heavy atom. The first-order valence-corrected chi connectivity index (χ1v) is 11.7. The second-order valence-corrected chi connectivity index (χ2v) is 9.24. The van der Waals surface area contributed by atoms with E-state index in [9.17, 15) is 31.9 Å². The van der Waals surface area contributed by atoms with Gasteiger partial charge in [-0.05, 0) is 56.2 Å². The second kappa shape index (κ2) is 14.2. The van der Waals surface area contributed by atoms with Crippen molar-refractivity contribution in [2.24, 2.45) is 0 Å². The molecule has 0 aliphatic heterocycles. The fourth-order valence-corrected chi connectivity index (χ4v) is 3.35. The SMILES string of the molecule is COC(=O)[C@H](Cc1ccc(OC(F)F)cc1)NC(=O)[C@H](Cc1ccc(OC(F)F)cc1)NC(=O)OC(C)(C)C. The summed E-state index contributed by atoms with van der Waals surface area (Å²) in [7, 11) is 1.13. The number of rotatable bonds is 12. The molecular weight excluding hydrogens is 528 g/mol. The van der Waals surface area contributed by atoms with Gasteiger partial charge in [0.15, 0.2) is 0 Å². The molecule has 0 aliphatic rings. The summed E-state index contributed by atoms with van der Waals surface area (Å²) in [5, 5.41) is 4.99. The van der Waals surface area contributed by atoms with Crippen molar-refractivity contribution < 1.29 is 50.9 Å². The monoisotopic (exact) mass is 558 g/mol. The summed E-state index contributed by atoms with van der Waals surface area (Å²) in [6.07, 6.45) is -1.05. The zero-order valence-corrected chi connectivity index (χ0v) is 21.7. The highest BCUT2D eigenvalue weighted by Crippen LogP contribution is 2.18. The number of hydrogen-bond acceptors (Lipinski definition) is 7. The molecule has 39 heavy (non-hydrogen) atoms. The number of alkyl halides is 4. The molecule has 2 amide bonds. The minimum absolute atomic E-state index is 0.0633. The predicted molar refractivity (Wildman–Crippen MR) is 131 cm³/mol. The van der Waals surface area contributed by atoms with Crippen LogP contribution < -0.4 is 20.1 Å². The van der Waals surface area contributed by atoms with Crippen LogP contribution in [0.4, 0.5) is 22.4 Å². The Morgan fingerprint density at radius 1 is 0.744 bits per heavy atom. The normalized spacial score (nSPS) is 12.9. The van der Waals surface area contributed by atoms with E-state index in [4.69, 9.17) is 9.47 Å². The van der Waals surface area contributed by atoms with Gasteiger partial charge in [0.25, 0.3) is 0 Å². The third kappa shape index (κ3) is 11.5. The van der Waals surface area contributed by atoms with Crippen molar-refractivity contribution in [1.29, 1.82) is 0 Å². The molecule has 0 saturated carbocycles. The van der Waals surface area contributed by atoms with E-state index in [0.29, 0.717) is 11.1 Å². The van der Waals surface area contributed by atoms with E-state index < -0.39 is 48.9 Å². The summed E-state index contributed by atoms with van der Waals surface area (Å²) in [6, 6.07) is 8.46. The second-order valence-electron chi connectivity index (χ2n) is 9.24. The van der Waals surface area contributed by atoms with E-state index in [1.165, 1.54) is 48.5 Å². The van der Waals surface area contributed by atoms with Gasteiger partial charge in [0.05, 0.1) is 7.11 Å². The molecule has 0 spiro atoms. The van der Waals surface area contributed by atoms with Crippen molar-refractivity contribution in [1.82, 2.24) is 10.6 Å². The minimum atomic E-state index is -3.01. The first kappa shape index (κ1) is 31.2. The molecule has 9 nitrogen and oxygen atoms in total. The van der Waals surface area contributed by atoms with Gasteiger partial charge in [-0.2, -0.15) is 17.6 Å². The molecule has 2 atom stereocenters. The molecule has 0 bridgehead atoms. The van der Waals surface area contributed by atoms with Gasteiger partial charge in [-0.3, -0.25) is 4.79 Å². The largest absolute Gasteiger partial charge is 0.467 e. The van der Waals surface area contributed by atoms with E-state index in [1.54, 1.807) is 20.8 Å². The van der Waals surface area contributed by atoms with E-state index in [0.717, 1.165) is 7.11 Å². The minimum Gasteiger partial charge on any atom is -0.467 e. The third-order valence-electron chi connectivity index (χ3n) is 4.99. The molecule has 2 aromatic carbocycles. The van der Waals surface area contributed by atoms with Crippen LogP contribution in [0.1, 0.15) is 31.9 Å². The van der Waals surface area contributed by atoms with Gasteiger partial charge in [0.1, 0.15) is 29.2 Å². The van der Waals surface area contributed by atoms with Crippen molar-refractivity contribution in [2.45, 2.75) is 64.5 Å². The molecule has 2 rings (SSSR count). The third-order valence-corrected chi connectivity index (χ3v) is 4.99. The maximum Gasteiger partial charge on any atom is 0.408 e. The van der Waals surface area contributed by atoms with Crippen LogP contribution in [0.2, 0.25) is 0 Å². The highest BCUT2D eigenvalue weighted by molar-refractivity contribution is 5.90. The summed E-state index contributed by atoms with van der Waals surface area (Å²) >= 11 is 0. The number of hydrogen-bond donors (Lipinski definition) is 2. The fourth-order valence-electron chi connectivity index (χ4n) is 3.35. The molecule has 0 unspecified atom stereocenters. The van der Waals surface area contributed by atoms with Gasteiger partial charge >= 0.3 is 25.3 Å². The van der Waals surface area contributed by atoms with Crippen LogP contribution in [-0.4, -0.2) is 56.0 Å². The Bertz CT molecular complexity index is 1090. The molecule has 0 heterocycles. The number of carbonyl (C=O) groups is 3. The number of esters is 1. The van der Waals surface area contributed by atoms with Crippen molar-refractivity contribution >= 4 is 18.0 Å². The Hall–Kier alpha value is -4.03. The van der Waals surface area contributed by atoms with Crippen molar-refractivity contribution in [3.05, 3.63) is 59.7 Å². The number of benzene rings is 2.